The van der Waals surface area contributed by atoms with Crippen molar-refractivity contribution in [1.82, 2.24) is 4.90 Å². The largest absolute Gasteiger partial charge is 0.393 e. The molecule has 0 unspecified atom stereocenters. The normalized spacial score (nSPS) is 20.2. The fourth-order valence-electron chi connectivity index (χ4n) is 2.75. The number of amides is 1. The maximum atomic E-state index is 13.5. The van der Waals surface area contributed by atoms with Gasteiger partial charge < -0.3 is 10.0 Å². The number of carbonyl (C=O) groups is 1. The second kappa shape index (κ2) is 6.31. The third kappa shape index (κ3) is 3.54. The molecule has 3 nitrogen and oxygen atoms in total. The van der Waals surface area contributed by atoms with Crippen molar-refractivity contribution in [2.75, 3.05) is 6.54 Å². The molecule has 1 fully saturated rings. The predicted molar refractivity (Wildman–Crippen MR) is 71.1 cm³/mol. The molecule has 20 heavy (non-hydrogen) atoms. The Morgan fingerprint density at radius 3 is 2.95 bits per heavy atom. The predicted octanol–water partition coefficient (Wildman–Crippen LogP) is 2.27. The number of aliphatic hydroxyl groups is 1. The van der Waals surface area contributed by atoms with E-state index in [0.29, 0.717) is 13.0 Å². The Kier molecular flexibility index (Phi) is 4.70. The Bertz CT molecular complexity index is 491. The van der Waals surface area contributed by atoms with Gasteiger partial charge in [0.25, 0.3) is 0 Å². The van der Waals surface area contributed by atoms with Crippen LogP contribution in [0.1, 0.15) is 31.7 Å². The van der Waals surface area contributed by atoms with Crippen LogP contribution in [0, 0.1) is 11.6 Å². The maximum absolute atomic E-state index is 13.5. The van der Waals surface area contributed by atoms with Crippen molar-refractivity contribution in [2.24, 2.45) is 0 Å². The summed E-state index contributed by atoms with van der Waals surface area (Å²) in [6, 6.07) is 3.14. The quantitative estimate of drug-likeness (QED) is 0.921. The highest BCUT2D eigenvalue weighted by molar-refractivity contribution is 5.79. The van der Waals surface area contributed by atoms with Gasteiger partial charge in [-0.3, -0.25) is 4.79 Å². The minimum absolute atomic E-state index is 0.000814. The van der Waals surface area contributed by atoms with E-state index in [1.165, 1.54) is 0 Å². The number of rotatable bonds is 4. The molecule has 110 valence electrons. The zero-order chi connectivity index (χ0) is 14.7. The molecule has 1 amide bonds. The average Bonchev–Trinajstić information content (AvgIpc) is 2.81. The molecule has 0 aliphatic carbocycles. The van der Waals surface area contributed by atoms with Gasteiger partial charge in [0.1, 0.15) is 11.6 Å². The Morgan fingerprint density at radius 2 is 2.25 bits per heavy atom. The third-order valence-corrected chi connectivity index (χ3v) is 3.66. The highest BCUT2D eigenvalue weighted by Crippen LogP contribution is 2.23. The van der Waals surface area contributed by atoms with Crippen LogP contribution in [0.5, 0.6) is 0 Å². The number of likely N-dealkylation sites (tertiary alicyclic amines) is 1. The van der Waals surface area contributed by atoms with Crippen LogP contribution in [0.15, 0.2) is 18.2 Å². The van der Waals surface area contributed by atoms with E-state index in [1.54, 1.807) is 11.8 Å². The number of benzene rings is 1. The van der Waals surface area contributed by atoms with Crippen molar-refractivity contribution >= 4 is 5.91 Å². The van der Waals surface area contributed by atoms with Gasteiger partial charge in [-0.05, 0) is 44.4 Å². The number of aliphatic hydroxyl groups excluding tert-OH is 1. The molecule has 2 rings (SSSR count). The minimum atomic E-state index is -0.564. The van der Waals surface area contributed by atoms with E-state index in [-0.39, 0.29) is 23.9 Å². The molecule has 1 aromatic rings. The van der Waals surface area contributed by atoms with Gasteiger partial charge in [-0.1, -0.05) is 0 Å². The molecule has 1 heterocycles. The monoisotopic (exact) mass is 283 g/mol. The second-order valence-corrected chi connectivity index (χ2v) is 5.38. The summed E-state index contributed by atoms with van der Waals surface area (Å²) in [5.41, 5.74) is 0.0812. The minimum Gasteiger partial charge on any atom is -0.393 e. The molecule has 1 saturated heterocycles. The fourth-order valence-corrected chi connectivity index (χ4v) is 2.75. The number of hydrogen-bond acceptors (Lipinski definition) is 2. The van der Waals surface area contributed by atoms with Gasteiger partial charge in [0.05, 0.1) is 12.5 Å². The summed E-state index contributed by atoms with van der Waals surface area (Å²) in [7, 11) is 0. The highest BCUT2D eigenvalue weighted by Gasteiger charge is 2.29. The Labute approximate surface area is 117 Å². The molecule has 0 saturated carbocycles. The molecule has 0 bridgehead atoms. The Hall–Kier alpha value is -1.49. The lowest BCUT2D eigenvalue weighted by atomic mass is 10.1. The van der Waals surface area contributed by atoms with E-state index >= 15 is 0 Å². The first kappa shape index (κ1) is 14.9. The van der Waals surface area contributed by atoms with Gasteiger partial charge in [-0.15, -0.1) is 0 Å². The number of halogens is 2. The smallest absolute Gasteiger partial charge is 0.227 e. The lowest BCUT2D eigenvalue weighted by molar-refractivity contribution is -0.131. The molecule has 1 aliphatic heterocycles. The SMILES string of the molecule is C[C@@H](O)C[C@@H]1CCCN1C(=O)Cc1cc(F)ccc1F. The number of carbonyl (C=O) groups excluding carboxylic acids is 1. The topological polar surface area (TPSA) is 40.5 Å². The van der Waals surface area contributed by atoms with Gasteiger partial charge in [-0.25, -0.2) is 8.78 Å². The second-order valence-electron chi connectivity index (χ2n) is 5.38. The van der Waals surface area contributed by atoms with Gasteiger partial charge in [0.2, 0.25) is 5.91 Å². The van der Waals surface area contributed by atoms with E-state index in [9.17, 15) is 18.7 Å². The first-order valence-electron chi connectivity index (χ1n) is 6.89. The van der Waals surface area contributed by atoms with Gasteiger partial charge >= 0.3 is 0 Å². The van der Waals surface area contributed by atoms with Gasteiger partial charge in [-0.2, -0.15) is 0 Å². The van der Waals surface area contributed by atoms with Crippen molar-refractivity contribution in [1.29, 1.82) is 0 Å². The molecule has 5 heteroatoms. The van der Waals surface area contributed by atoms with E-state index in [2.05, 4.69) is 0 Å². The van der Waals surface area contributed by atoms with Gasteiger partial charge in [0, 0.05) is 18.2 Å². The third-order valence-electron chi connectivity index (χ3n) is 3.66. The number of hydrogen-bond donors (Lipinski definition) is 1. The standard InChI is InChI=1S/C15H19F2NO2/c1-10(19)7-13-3-2-6-18(13)15(20)9-11-8-12(16)4-5-14(11)17/h4-5,8,10,13,19H,2-3,6-7,9H2,1H3/t10-,13+/m1/s1. The van der Waals surface area contributed by atoms with Crippen molar-refractivity contribution < 1.29 is 18.7 Å². The molecule has 1 N–H and O–H groups in total. The van der Waals surface area contributed by atoms with Crippen LogP contribution in [0.2, 0.25) is 0 Å². The molecule has 0 spiro atoms. The van der Waals surface area contributed by atoms with Crippen molar-refractivity contribution in [3.8, 4) is 0 Å². The molecular weight excluding hydrogens is 264 g/mol. The maximum Gasteiger partial charge on any atom is 0.227 e. The van der Waals surface area contributed by atoms with Crippen LogP contribution in [-0.2, 0) is 11.2 Å². The number of nitrogens with zero attached hydrogens (tertiary/aromatic N) is 1. The van der Waals surface area contributed by atoms with E-state index in [1.807, 2.05) is 0 Å². The summed E-state index contributed by atoms with van der Waals surface area (Å²) in [5.74, 6) is -1.32. The van der Waals surface area contributed by atoms with Crippen molar-refractivity contribution in [2.45, 2.75) is 44.8 Å². The summed E-state index contributed by atoms with van der Waals surface area (Å²) in [4.78, 5) is 13.9. The van der Waals surface area contributed by atoms with Crippen molar-refractivity contribution in [3.05, 3.63) is 35.4 Å². The molecule has 0 radical (unpaired) electrons. The van der Waals surface area contributed by atoms with Crippen LogP contribution in [-0.4, -0.2) is 34.6 Å². The highest BCUT2D eigenvalue weighted by atomic mass is 19.1. The molecule has 1 aromatic carbocycles. The van der Waals surface area contributed by atoms with E-state index < -0.39 is 17.7 Å². The molecule has 1 aliphatic rings. The lowest BCUT2D eigenvalue weighted by Gasteiger charge is -2.26. The molecule has 0 aromatic heterocycles. The van der Waals surface area contributed by atoms with Crippen LogP contribution < -0.4 is 0 Å². The average molecular weight is 283 g/mol. The van der Waals surface area contributed by atoms with Gasteiger partial charge in [0.15, 0.2) is 0 Å². The van der Waals surface area contributed by atoms with E-state index in [0.717, 1.165) is 31.0 Å². The van der Waals surface area contributed by atoms with Crippen LogP contribution >= 0.6 is 0 Å². The zero-order valence-electron chi connectivity index (χ0n) is 11.5. The summed E-state index contributed by atoms with van der Waals surface area (Å²) >= 11 is 0. The van der Waals surface area contributed by atoms with Crippen LogP contribution in [0.25, 0.3) is 0 Å². The summed E-state index contributed by atoms with van der Waals surface area (Å²) < 4.78 is 26.6. The first-order chi connectivity index (χ1) is 9.47. The summed E-state index contributed by atoms with van der Waals surface area (Å²) in [6.07, 6.45) is 1.65. The zero-order valence-corrected chi connectivity index (χ0v) is 11.5. The van der Waals surface area contributed by atoms with Crippen LogP contribution in [0.3, 0.4) is 0 Å². The lowest BCUT2D eigenvalue weighted by Crippen LogP contribution is -2.38. The molecule has 2 atom stereocenters. The summed E-state index contributed by atoms with van der Waals surface area (Å²) in [5, 5.41) is 9.44. The van der Waals surface area contributed by atoms with E-state index in [4.69, 9.17) is 0 Å². The first-order valence-corrected chi connectivity index (χ1v) is 6.89. The molecular formula is C15H19F2NO2. The Balaban J connectivity index is 2.05. The fraction of sp³-hybridized carbons (Fsp3) is 0.533. The Morgan fingerprint density at radius 1 is 1.50 bits per heavy atom. The summed E-state index contributed by atoms with van der Waals surface area (Å²) in [6.45, 7) is 2.31. The van der Waals surface area contributed by atoms with Crippen LogP contribution in [0.4, 0.5) is 8.78 Å². The van der Waals surface area contributed by atoms with Crippen molar-refractivity contribution in [3.63, 3.8) is 0 Å².